The number of rotatable bonds is 5. The maximum atomic E-state index is 11.8. The molecule has 0 aliphatic carbocycles. The Hall–Kier alpha value is -2.44. The SMILES string of the molecule is Cc1cccc([N+](=O)[O-])c1NC(=O)COC(=O)CC(C)(C)C. The highest BCUT2D eigenvalue weighted by atomic mass is 16.6. The molecule has 0 bridgehead atoms. The number of nitro benzene ring substituents is 1. The molecule has 7 heteroatoms. The van der Waals surface area contributed by atoms with Gasteiger partial charge in [0.2, 0.25) is 0 Å². The molecule has 0 atom stereocenters. The van der Waals surface area contributed by atoms with Crippen LogP contribution < -0.4 is 5.32 Å². The van der Waals surface area contributed by atoms with Crippen molar-refractivity contribution in [1.82, 2.24) is 0 Å². The first-order valence-corrected chi connectivity index (χ1v) is 6.79. The number of aryl methyl sites for hydroxylation is 1. The van der Waals surface area contributed by atoms with Gasteiger partial charge in [0.15, 0.2) is 6.61 Å². The predicted octanol–water partition coefficient (Wildman–Crippen LogP) is 2.82. The largest absolute Gasteiger partial charge is 0.456 e. The molecule has 0 fully saturated rings. The van der Waals surface area contributed by atoms with E-state index in [1.54, 1.807) is 13.0 Å². The lowest BCUT2D eigenvalue weighted by atomic mass is 9.92. The van der Waals surface area contributed by atoms with Crippen LogP contribution in [0.1, 0.15) is 32.8 Å². The lowest BCUT2D eigenvalue weighted by Crippen LogP contribution is -2.23. The molecule has 7 nitrogen and oxygen atoms in total. The third kappa shape index (κ3) is 5.51. The Morgan fingerprint density at radius 1 is 1.32 bits per heavy atom. The minimum Gasteiger partial charge on any atom is -0.456 e. The number of nitro groups is 1. The van der Waals surface area contributed by atoms with E-state index in [9.17, 15) is 19.7 Å². The van der Waals surface area contributed by atoms with Crippen molar-refractivity contribution in [2.24, 2.45) is 5.41 Å². The van der Waals surface area contributed by atoms with Gasteiger partial charge in [0.05, 0.1) is 11.3 Å². The van der Waals surface area contributed by atoms with E-state index in [2.05, 4.69) is 5.32 Å². The van der Waals surface area contributed by atoms with Gasteiger partial charge in [-0.1, -0.05) is 32.9 Å². The van der Waals surface area contributed by atoms with E-state index in [1.807, 2.05) is 20.8 Å². The molecule has 1 amide bonds. The summed E-state index contributed by atoms with van der Waals surface area (Å²) in [6.07, 6.45) is 0.185. The average Bonchev–Trinajstić information content (AvgIpc) is 2.36. The summed E-state index contributed by atoms with van der Waals surface area (Å²) in [7, 11) is 0. The van der Waals surface area contributed by atoms with E-state index >= 15 is 0 Å². The van der Waals surface area contributed by atoms with Crippen molar-refractivity contribution in [3.05, 3.63) is 33.9 Å². The van der Waals surface area contributed by atoms with Crippen molar-refractivity contribution in [1.29, 1.82) is 0 Å². The maximum absolute atomic E-state index is 11.8. The minimum atomic E-state index is -0.611. The molecule has 0 aromatic heterocycles. The second-order valence-corrected chi connectivity index (χ2v) is 6.17. The van der Waals surface area contributed by atoms with Gasteiger partial charge in [0, 0.05) is 6.07 Å². The Balaban J connectivity index is 2.67. The lowest BCUT2D eigenvalue weighted by molar-refractivity contribution is -0.384. The summed E-state index contributed by atoms with van der Waals surface area (Å²) in [5, 5.41) is 13.4. The smallest absolute Gasteiger partial charge is 0.306 e. The van der Waals surface area contributed by atoms with Crippen LogP contribution in [-0.4, -0.2) is 23.4 Å². The van der Waals surface area contributed by atoms with Gasteiger partial charge < -0.3 is 10.1 Å². The van der Waals surface area contributed by atoms with Crippen molar-refractivity contribution >= 4 is 23.3 Å². The zero-order valence-electron chi connectivity index (χ0n) is 13.1. The van der Waals surface area contributed by atoms with Crippen LogP contribution in [0.5, 0.6) is 0 Å². The van der Waals surface area contributed by atoms with E-state index < -0.39 is 23.4 Å². The molecule has 0 aliphatic rings. The molecule has 1 aromatic rings. The van der Waals surface area contributed by atoms with Gasteiger partial charge in [0.1, 0.15) is 5.69 Å². The van der Waals surface area contributed by atoms with E-state index in [0.717, 1.165) is 0 Å². The van der Waals surface area contributed by atoms with Crippen LogP contribution in [0.2, 0.25) is 0 Å². The standard InChI is InChI=1S/C15H20N2O5/c1-10-6-5-7-11(17(20)21)14(10)16-12(18)9-22-13(19)8-15(2,3)4/h5-7H,8-9H2,1-4H3,(H,16,18). The molecule has 0 unspecified atom stereocenters. The molecule has 0 heterocycles. The highest BCUT2D eigenvalue weighted by molar-refractivity contribution is 5.95. The molecule has 0 spiro atoms. The number of nitrogens with zero attached hydrogens (tertiary/aromatic N) is 1. The molecule has 1 rings (SSSR count). The van der Waals surface area contributed by atoms with Crippen LogP contribution in [0.3, 0.4) is 0 Å². The minimum absolute atomic E-state index is 0.115. The molecule has 1 N–H and O–H groups in total. The first-order valence-electron chi connectivity index (χ1n) is 6.79. The van der Waals surface area contributed by atoms with Crippen molar-refractivity contribution < 1.29 is 19.2 Å². The van der Waals surface area contributed by atoms with Gasteiger partial charge in [-0.15, -0.1) is 0 Å². The van der Waals surface area contributed by atoms with E-state index in [1.165, 1.54) is 12.1 Å². The monoisotopic (exact) mass is 308 g/mol. The zero-order chi connectivity index (χ0) is 16.9. The summed E-state index contributed by atoms with van der Waals surface area (Å²) in [4.78, 5) is 33.7. The second-order valence-electron chi connectivity index (χ2n) is 6.17. The average molecular weight is 308 g/mol. The topological polar surface area (TPSA) is 98.5 Å². The highest BCUT2D eigenvalue weighted by Crippen LogP contribution is 2.27. The highest BCUT2D eigenvalue weighted by Gasteiger charge is 2.20. The number of ether oxygens (including phenoxy) is 1. The van der Waals surface area contributed by atoms with Crippen LogP contribution >= 0.6 is 0 Å². The van der Waals surface area contributed by atoms with Crippen molar-refractivity contribution in [3.8, 4) is 0 Å². The quantitative estimate of drug-likeness (QED) is 0.512. The van der Waals surface area contributed by atoms with Gasteiger partial charge in [-0.2, -0.15) is 0 Å². The van der Waals surface area contributed by atoms with Crippen molar-refractivity contribution in [3.63, 3.8) is 0 Å². The molecular weight excluding hydrogens is 288 g/mol. The number of carbonyl (C=O) groups is 2. The van der Waals surface area contributed by atoms with E-state index in [0.29, 0.717) is 5.56 Å². The third-order valence-corrected chi connectivity index (χ3v) is 2.75. The number of nitrogens with one attached hydrogen (secondary N) is 1. The Morgan fingerprint density at radius 2 is 1.95 bits per heavy atom. The normalized spacial score (nSPS) is 10.9. The van der Waals surface area contributed by atoms with Gasteiger partial charge in [-0.25, -0.2) is 0 Å². The predicted molar refractivity (Wildman–Crippen MR) is 81.5 cm³/mol. The fraction of sp³-hybridized carbons (Fsp3) is 0.467. The number of amides is 1. The van der Waals surface area contributed by atoms with E-state index in [-0.39, 0.29) is 23.2 Å². The van der Waals surface area contributed by atoms with Crippen molar-refractivity contribution in [2.75, 3.05) is 11.9 Å². The number of anilines is 1. The fourth-order valence-electron chi connectivity index (χ4n) is 1.77. The molecule has 0 saturated carbocycles. The first kappa shape index (κ1) is 17.6. The lowest BCUT2D eigenvalue weighted by Gasteiger charge is -2.16. The Morgan fingerprint density at radius 3 is 2.50 bits per heavy atom. The maximum Gasteiger partial charge on any atom is 0.306 e. The van der Waals surface area contributed by atoms with Gasteiger partial charge in [-0.3, -0.25) is 19.7 Å². The summed E-state index contributed by atoms with van der Waals surface area (Å²) < 4.78 is 4.87. The Kier molecular flexibility index (Phi) is 5.62. The van der Waals surface area contributed by atoms with Crippen molar-refractivity contribution in [2.45, 2.75) is 34.1 Å². The molecule has 0 radical (unpaired) electrons. The summed E-state index contributed by atoms with van der Waals surface area (Å²) >= 11 is 0. The number of carbonyl (C=O) groups excluding carboxylic acids is 2. The van der Waals surface area contributed by atoms with Crippen LogP contribution in [0, 0.1) is 22.5 Å². The molecule has 1 aromatic carbocycles. The molecular formula is C15H20N2O5. The Labute approximate surface area is 128 Å². The fourth-order valence-corrected chi connectivity index (χ4v) is 1.77. The first-order chi connectivity index (χ1) is 10.1. The number of hydrogen-bond acceptors (Lipinski definition) is 5. The molecule has 120 valence electrons. The summed E-state index contributed by atoms with van der Waals surface area (Å²) in [6.45, 7) is 6.82. The number of hydrogen-bond donors (Lipinski definition) is 1. The third-order valence-electron chi connectivity index (χ3n) is 2.75. The van der Waals surface area contributed by atoms with Crippen LogP contribution in [0.4, 0.5) is 11.4 Å². The van der Waals surface area contributed by atoms with Crippen LogP contribution in [-0.2, 0) is 14.3 Å². The second kappa shape index (κ2) is 7.02. The summed E-state index contributed by atoms with van der Waals surface area (Å²) in [5.41, 5.74) is 0.241. The molecule has 0 saturated heterocycles. The zero-order valence-corrected chi connectivity index (χ0v) is 13.1. The summed E-state index contributed by atoms with van der Waals surface area (Å²) in [5.74, 6) is -1.10. The number of esters is 1. The Bertz CT molecular complexity index is 590. The van der Waals surface area contributed by atoms with Gasteiger partial charge in [0.25, 0.3) is 11.6 Å². The van der Waals surface area contributed by atoms with E-state index in [4.69, 9.17) is 4.74 Å². The number of benzene rings is 1. The number of para-hydroxylation sites is 1. The summed E-state index contributed by atoms with van der Waals surface area (Å²) in [6, 6.07) is 4.48. The van der Waals surface area contributed by atoms with Gasteiger partial charge >= 0.3 is 5.97 Å². The van der Waals surface area contributed by atoms with Crippen LogP contribution in [0.15, 0.2) is 18.2 Å². The van der Waals surface area contributed by atoms with Gasteiger partial charge in [-0.05, 0) is 17.9 Å². The molecule has 22 heavy (non-hydrogen) atoms. The van der Waals surface area contributed by atoms with Crippen LogP contribution in [0.25, 0.3) is 0 Å². The molecule has 0 aliphatic heterocycles.